The maximum Gasteiger partial charge on any atom is 0.234 e. The molecule has 0 radical (unpaired) electrons. The Hall–Kier alpha value is -4.48. The van der Waals surface area contributed by atoms with Gasteiger partial charge in [-0.3, -0.25) is 4.79 Å². The van der Waals surface area contributed by atoms with E-state index in [4.69, 9.17) is 21.6 Å². The van der Waals surface area contributed by atoms with Gasteiger partial charge in [-0.25, -0.2) is 9.97 Å². The van der Waals surface area contributed by atoms with Crippen LogP contribution in [0.15, 0.2) is 115 Å². The second-order valence-electron chi connectivity index (χ2n) is 11.0. The number of hydrogen-bond acceptors (Lipinski definition) is 4. The molecular formula is C37H35ClN4O. The van der Waals surface area contributed by atoms with Crippen molar-refractivity contribution in [2.75, 3.05) is 31.1 Å². The van der Waals surface area contributed by atoms with Crippen LogP contribution in [0.25, 0.3) is 11.4 Å². The summed E-state index contributed by atoms with van der Waals surface area (Å²) in [4.78, 5) is 28.7. The third-order valence-electron chi connectivity index (χ3n) is 8.14. The lowest BCUT2D eigenvalue weighted by Gasteiger charge is -2.28. The zero-order chi connectivity index (χ0) is 29.6. The Kier molecular flexibility index (Phi) is 8.80. The number of carbonyl (C=O) groups is 1. The Balaban J connectivity index is 1.31. The topological polar surface area (TPSA) is 49.3 Å². The van der Waals surface area contributed by atoms with Gasteiger partial charge < -0.3 is 9.80 Å². The summed E-state index contributed by atoms with van der Waals surface area (Å²) in [6.07, 6.45) is 1.56. The lowest BCUT2D eigenvalue weighted by atomic mass is 9.90. The van der Waals surface area contributed by atoms with Crippen LogP contribution >= 0.6 is 11.6 Å². The molecule has 1 aromatic heterocycles. The summed E-state index contributed by atoms with van der Waals surface area (Å²) in [7, 11) is 0. The molecule has 1 fully saturated rings. The van der Waals surface area contributed by atoms with Crippen molar-refractivity contribution in [1.29, 1.82) is 0 Å². The van der Waals surface area contributed by atoms with Gasteiger partial charge in [-0.2, -0.15) is 0 Å². The monoisotopic (exact) mass is 586 g/mol. The first kappa shape index (κ1) is 28.6. The van der Waals surface area contributed by atoms with E-state index >= 15 is 0 Å². The summed E-state index contributed by atoms with van der Waals surface area (Å²) in [6.45, 7) is 4.90. The Bertz CT molecular complexity index is 1620. The number of amides is 1. The molecule has 5 nitrogen and oxygen atoms in total. The number of anilines is 1. The van der Waals surface area contributed by atoms with E-state index in [0.717, 1.165) is 63.1 Å². The lowest BCUT2D eigenvalue weighted by Crippen LogP contribution is -2.39. The van der Waals surface area contributed by atoms with E-state index in [2.05, 4.69) is 48.2 Å². The van der Waals surface area contributed by atoms with Crippen LogP contribution in [-0.4, -0.2) is 47.0 Å². The summed E-state index contributed by atoms with van der Waals surface area (Å²) in [5, 5.41) is 0.720. The van der Waals surface area contributed by atoms with E-state index in [0.29, 0.717) is 26.1 Å². The van der Waals surface area contributed by atoms with E-state index in [1.807, 2.05) is 83.8 Å². The molecule has 0 saturated carbocycles. The van der Waals surface area contributed by atoms with Crippen molar-refractivity contribution in [1.82, 2.24) is 14.9 Å². The van der Waals surface area contributed by atoms with Gasteiger partial charge in [0.05, 0.1) is 5.92 Å². The minimum absolute atomic E-state index is 0.143. The van der Waals surface area contributed by atoms with Crippen molar-refractivity contribution in [3.8, 4) is 11.4 Å². The molecule has 0 unspecified atom stereocenters. The van der Waals surface area contributed by atoms with E-state index in [-0.39, 0.29) is 11.8 Å². The number of carbonyl (C=O) groups excluding carboxylic acids is 1. The molecule has 216 valence electrons. The first-order valence-electron chi connectivity index (χ1n) is 14.9. The van der Waals surface area contributed by atoms with Crippen LogP contribution in [0.1, 0.15) is 40.3 Å². The minimum Gasteiger partial charge on any atom is -0.354 e. The summed E-state index contributed by atoms with van der Waals surface area (Å²) in [5.74, 6) is 1.47. The van der Waals surface area contributed by atoms with E-state index in [1.54, 1.807) is 0 Å². The van der Waals surface area contributed by atoms with Crippen molar-refractivity contribution in [3.63, 3.8) is 0 Å². The zero-order valence-electron chi connectivity index (χ0n) is 24.4. The largest absolute Gasteiger partial charge is 0.354 e. The van der Waals surface area contributed by atoms with Crippen molar-refractivity contribution in [2.24, 2.45) is 0 Å². The molecule has 0 bridgehead atoms. The van der Waals surface area contributed by atoms with Crippen molar-refractivity contribution >= 4 is 23.3 Å². The molecule has 0 atom stereocenters. The maximum absolute atomic E-state index is 14.2. The van der Waals surface area contributed by atoms with E-state index in [9.17, 15) is 4.79 Å². The summed E-state index contributed by atoms with van der Waals surface area (Å²) >= 11 is 6.18. The third kappa shape index (κ3) is 6.63. The van der Waals surface area contributed by atoms with Crippen molar-refractivity contribution in [3.05, 3.63) is 148 Å². The first-order valence-corrected chi connectivity index (χ1v) is 15.3. The number of benzene rings is 4. The number of aryl methyl sites for hydroxylation is 1. The smallest absolute Gasteiger partial charge is 0.234 e. The van der Waals surface area contributed by atoms with Crippen molar-refractivity contribution < 1.29 is 4.79 Å². The van der Waals surface area contributed by atoms with Gasteiger partial charge in [0.15, 0.2) is 5.82 Å². The van der Waals surface area contributed by atoms with Crippen LogP contribution in [0.3, 0.4) is 0 Å². The predicted octanol–water partition coefficient (Wildman–Crippen LogP) is 7.57. The van der Waals surface area contributed by atoms with Gasteiger partial charge in [0.1, 0.15) is 5.82 Å². The van der Waals surface area contributed by atoms with Gasteiger partial charge in [0.2, 0.25) is 5.91 Å². The predicted molar refractivity (Wildman–Crippen MR) is 175 cm³/mol. The normalized spacial score (nSPS) is 13.7. The maximum atomic E-state index is 14.2. The quantitative estimate of drug-likeness (QED) is 0.197. The summed E-state index contributed by atoms with van der Waals surface area (Å²) < 4.78 is 0. The molecule has 1 amide bonds. The molecule has 0 N–H and O–H groups in total. The second-order valence-corrected chi connectivity index (χ2v) is 11.5. The summed E-state index contributed by atoms with van der Waals surface area (Å²) in [6, 6.07) is 38.3. The standard InChI is InChI=1S/C37H35ClN4O/c1-27-33(26-28-18-20-32(38)21-19-28)36(40-35(39-27)31-16-9-4-10-17-31)41-22-11-23-42(25-24-41)37(43)34(29-12-5-2-6-13-29)30-14-7-3-8-15-30/h2-10,12-21,34H,11,22-26H2,1H3. The molecule has 6 heteroatoms. The van der Waals surface area contributed by atoms with Gasteiger partial charge in [0, 0.05) is 54.4 Å². The molecule has 43 heavy (non-hydrogen) atoms. The molecule has 5 aromatic rings. The van der Waals surface area contributed by atoms with Gasteiger partial charge in [-0.1, -0.05) is 115 Å². The first-order chi connectivity index (χ1) is 21.1. The molecule has 0 aliphatic carbocycles. The average Bonchev–Trinajstić information content (AvgIpc) is 3.31. The molecule has 0 spiro atoms. The average molecular weight is 587 g/mol. The molecule has 1 saturated heterocycles. The molecule has 1 aliphatic heterocycles. The fraction of sp³-hybridized carbons (Fsp3) is 0.216. The van der Waals surface area contributed by atoms with Gasteiger partial charge >= 0.3 is 0 Å². The number of hydrogen-bond donors (Lipinski definition) is 0. The van der Waals surface area contributed by atoms with Gasteiger partial charge in [-0.15, -0.1) is 0 Å². The SMILES string of the molecule is Cc1nc(-c2ccccc2)nc(N2CCCN(C(=O)C(c3ccccc3)c3ccccc3)CC2)c1Cc1ccc(Cl)cc1. The van der Waals surface area contributed by atoms with Crippen LogP contribution in [0.2, 0.25) is 5.02 Å². The Morgan fingerprint density at radius 1 is 0.744 bits per heavy atom. The fourth-order valence-corrected chi connectivity index (χ4v) is 6.00. The second kappa shape index (κ2) is 13.2. The molecule has 2 heterocycles. The van der Waals surface area contributed by atoms with Crippen LogP contribution in [0.4, 0.5) is 5.82 Å². The van der Waals surface area contributed by atoms with Crippen LogP contribution in [0.5, 0.6) is 0 Å². The van der Waals surface area contributed by atoms with Gasteiger partial charge in [-0.05, 0) is 42.2 Å². The molecule has 6 rings (SSSR count). The number of rotatable bonds is 7. The number of aromatic nitrogens is 2. The third-order valence-corrected chi connectivity index (χ3v) is 8.39. The van der Waals surface area contributed by atoms with E-state index in [1.165, 1.54) is 0 Å². The zero-order valence-corrected chi connectivity index (χ0v) is 25.1. The Morgan fingerprint density at radius 3 is 1.98 bits per heavy atom. The minimum atomic E-state index is -0.333. The Morgan fingerprint density at radius 2 is 1.35 bits per heavy atom. The van der Waals surface area contributed by atoms with Crippen LogP contribution < -0.4 is 4.90 Å². The highest BCUT2D eigenvalue weighted by atomic mass is 35.5. The summed E-state index contributed by atoms with van der Waals surface area (Å²) in [5.41, 5.74) is 6.25. The molecule has 4 aromatic carbocycles. The molecular weight excluding hydrogens is 552 g/mol. The number of halogens is 1. The number of nitrogens with zero attached hydrogens (tertiary/aromatic N) is 4. The van der Waals surface area contributed by atoms with E-state index < -0.39 is 0 Å². The lowest BCUT2D eigenvalue weighted by molar-refractivity contribution is -0.131. The fourth-order valence-electron chi connectivity index (χ4n) is 5.87. The van der Waals surface area contributed by atoms with Gasteiger partial charge in [0.25, 0.3) is 0 Å². The highest BCUT2D eigenvalue weighted by Crippen LogP contribution is 2.31. The Labute approximate surface area is 258 Å². The highest BCUT2D eigenvalue weighted by Gasteiger charge is 2.30. The van der Waals surface area contributed by atoms with Crippen LogP contribution in [0, 0.1) is 6.92 Å². The van der Waals surface area contributed by atoms with Crippen LogP contribution in [-0.2, 0) is 11.2 Å². The molecule has 1 aliphatic rings. The van der Waals surface area contributed by atoms with Crippen molar-refractivity contribution in [2.45, 2.75) is 25.7 Å². The highest BCUT2D eigenvalue weighted by molar-refractivity contribution is 6.30.